The molecule has 3 nitrogen and oxygen atoms in total. The van der Waals surface area contributed by atoms with Crippen LogP contribution in [0.1, 0.15) is 12.5 Å². The van der Waals surface area contributed by atoms with Crippen LogP contribution in [-0.2, 0) is 16.0 Å². The van der Waals surface area contributed by atoms with Crippen LogP contribution in [0.25, 0.3) is 0 Å². The molecule has 80 valence electrons. The van der Waals surface area contributed by atoms with E-state index in [9.17, 15) is 4.79 Å². The summed E-state index contributed by atoms with van der Waals surface area (Å²) in [5.74, 6) is 0.0370. The molecule has 1 aromatic rings. The van der Waals surface area contributed by atoms with Crippen LogP contribution in [0, 0.1) is 0 Å². The van der Waals surface area contributed by atoms with Crippen LogP contribution in [-0.4, -0.2) is 25.7 Å². The third-order valence-electron chi connectivity index (χ3n) is 2.74. The van der Waals surface area contributed by atoms with E-state index in [1.165, 1.54) is 5.56 Å². The number of hydrogen-bond acceptors (Lipinski definition) is 2. The zero-order chi connectivity index (χ0) is 10.8. The number of carbonyl (C=O) groups excluding carboxylic acids is 1. The van der Waals surface area contributed by atoms with Gasteiger partial charge < -0.3 is 9.64 Å². The summed E-state index contributed by atoms with van der Waals surface area (Å²) in [6, 6.07) is 8.28. The number of amides is 1. The summed E-state index contributed by atoms with van der Waals surface area (Å²) in [5, 5.41) is 0. The molecule has 0 radical (unpaired) electrons. The Bertz CT molecular complexity index is 376. The molecule has 2 rings (SSSR count). The molecule has 0 fully saturated rings. The van der Waals surface area contributed by atoms with Crippen molar-refractivity contribution in [3.05, 3.63) is 29.8 Å². The minimum Gasteiger partial charge on any atom is -0.375 e. The maximum atomic E-state index is 11.8. The lowest BCUT2D eigenvalue weighted by atomic mass is 10.1. The van der Waals surface area contributed by atoms with Crippen molar-refractivity contribution < 1.29 is 9.53 Å². The van der Waals surface area contributed by atoms with Crippen molar-refractivity contribution >= 4 is 11.6 Å². The minimum atomic E-state index is 0.0370. The molecule has 3 heteroatoms. The average molecular weight is 205 g/mol. The Morgan fingerprint density at radius 3 is 3.00 bits per heavy atom. The first kappa shape index (κ1) is 10.2. The Labute approximate surface area is 89.7 Å². The lowest BCUT2D eigenvalue weighted by Crippen LogP contribution is -2.38. The Morgan fingerprint density at radius 1 is 1.53 bits per heavy atom. The smallest absolute Gasteiger partial charge is 0.253 e. The zero-order valence-electron chi connectivity index (χ0n) is 9.06. The molecule has 0 N–H and O–H groups in total. The molecule has 1 heterocycles. The largest absolute Gasteiger partial charge is 0.375 e. The summed E-state index contributed by atoms with van der Waals surface area (Å²) in [4.78, 5) is 13.7. The highest BCUT2D eigenvalue weighted by Crippen LogP contribution is 2.31. The molecule has 1 amide bonds. The van der Waals surface area contributed by atoms with Crippen LogP contribution >= 0.6 is 0 Å². The Kier molecular flexibility index (Phi) is 2.73. The van der Waals surface area contributed by atoms with E-state index in [0.29, 0.717) is 0 Å². The van der Waals surface area contributed by atoms with Gasteiger partial charge in [-0.05, 0) is 25.0 Å². The normalized spacial score (nSPS) is 19.1. The van der Waals surface area contributed by atoms with Gasteiger partial charge >= 0.3 is 0 Å². The first-order chi connectivity index (χ1) is 7.24. The van der Waals surface area contributed by atoms with Crippen molar-refractivity contribution in [3.8, 4) is 0 Å². The molecule has 0 aromatic heterocycles. The highest BCUT2D eigenvalue weighted by Gasteiger charge is 2.29. The molecule has 0 unspecified atom stereocenters. The van der Waals surface area contributed by atoms with E-state index in [2.05, 4.69) is 13.0 Å². The van der Waals surface area contributed by atoms with Gasteiger partial charge in [-0.1, -0.05) is 18.2 Å². The lowest BCUT2D eigenvalue weighted by Gasteiger charge is -2.22. The second-order valence-corrected chi connectivity index (χ2v) is 3.88. The molecule has 0 spiro atoms. The average Bonchev–Trinajstić information content (AvgIpc) is 2.54. The number of anilines is 1. The van der Waals surface area contributed by atoms with Crippen molar-refractivity contribution in [2.75, 3.05) is 18.6 Å². The fourth-order valence-electron chi connectivity index (χ4n) is 2.14. The Balaban J connectivity index is 2.29. The number of para-hydroxylation sites is 1. The molecule has 15 heavy (non-hydrogen) atoms. The van der Waals surface area contributed by atoms with Crippen molar-refractivity contribution in [3.63, 3.8) is 0 Å². The van der Waals surface area contributed by atoms with Crippen LogP contribution in [0.2, 0.25) is 0 Å². The molecule has 1 aromatic carbocycles. The predicted octanol–water partition coefficient (Wildman–Crippen LogP) is 1.61. The molecule has 1 aliphatic heterocycles. The van der Waals surface area contributed by atoms with E-state index >= 15 is 0 Å². The third kappa shape index (κ3) is 1.75. The van der Waals surface area contributed by atoms with Gasteiger partial charge in [-0.2, -0.15) is 0 Å². The number of nitrogens with zero attached hydrogens (tertiary/aromatic N) is 1. The fourth-order valence-corrected chi connectivity index (χ4v) is 2.14. The van der Waals surface area contributed by atoms with Crippen LogP contribution in [0.4, 0.5) is 5.69 Å². The molecule has 1 aliphatic rings. The second kappa shape index (κ2) is 4.03. The second-order valence-electron chi connectivity index (χ2n) is 3.88. The standard InChI is InChI=1S/C12H15NO2/c1-9-7-10-5-3-4-6-11(10)13(9)12(14)8-15-2/h3-6,9H,7-8H2,1-2H3/t9-/m1/s1. The van der Waals surface area contributed by atoms with Crippen molar-refractivity contribution in [2.45, 2.75) is 19.4 Å². The van der Waals surface area contributed by atoms with Gasteiger partial charge in [0, 0.05) is 18.8 Å². The summed E-state index contributed by atoms with van der Waals surface area (Å²) in [6.45, 7) is 2.21. The van der Waals surface area contributed by atoms with E-state index in [-0.39, 0.29) is 18.6 Å². The summed E-state index contributed by atoms with van der Waals surface area (Å²) in [6.07, 6.45) is 0.936. The molecule has 0 saturated heterocycles. The summed E-state index contributed by atoms with van der Waals surface area (Å²) >= 11 is 0. The van der Waals surface area contributed by atoms with Crippen molar-refractivity contribution in [2.24, 2.45) is 0 Å². The molecular formula is C12H15NO2. The summed E-state index contributed by atoms with van der Waals surface area (Å²) in [7, 11) is 1.55. The highest BCUT2D eigenvalue weighted by molar-refractivity contribution is 5.96. The number of fused-ring (bicyclic) bond motifs is 1. The van der Waals surface area contributed by atoms with Gasteiger partial charge in [0.05, 0.1) is 0 Å². The molecule has 0 bridgehead atoms. The molecular weight excluding hydrogens is 190 g/mol. The molecule has 0 aliphatic carbocycles. The first-order valence-electron chi connectivity index (χ1n) is 5.13. The zero-order valence-corrected chi connectivity index (χ0v) is 9.06. The highest BCUT2D eigenvalue weighted by atomic mass is 16.5. The van der Waals surface area contributed by atoms with Gasteiger partial charge in [-0.15, -0.1) is 0 Å². The number of ether oxygens (including phenoxy) is 1. The lowest BCUT2D eigenvalue weighted by molar-refractivity contribution is -0.122. The Morgan fingerprint density at radius 2 is 2.27 bits per heavy atom. The minimum absolute atomic E-state index is 0.0370. The van der Waals surface area contributed by atoms with E-state index < -0.39 is 0 Å². The van der Waals surface area contributed by atoms with Crippen LogP contribution in [0.15, 0.2) is 24.3 Å². The van der Waals surface area contributed by atoms with Crippen LogP contribution in [0.3, 0.4) is 0 Å². The van der Waals surface area contributed by atoms with Gasteiger partial charge in [0.25, 0.3) is 5.91 Å². The number of rotatable bonds is 2. The van der Waals surface area contributed by atoms with E-state index in [0.717, 1.165) is 12.1 Å². The Hall–Kier alpha value is -1.35. The van der Waals surface area contributed by atoms with Gasteiger partial charge in [0.2, 0.25) is 0 Å². The van der Waals surface area contributed by atoms with E-state index in [4.69, 9.17) is 4.74 Å². The third-order valence-corrected chi connectivity index (χ3v) is 2.74. The summed E-state index contributed by atoms with van der Waals surface area (Å²) < 4.78 is 4.89. The van der Waals surface area contributed by atoms with E-state index in [1.54, 1.807) is 7.11 Å². The van der Waals surface area contributed by atoms with Crippen LogP contribution < -0.4 is 4.90 Å². The number of carbonyl (C=O) groups is 1. The maximum absolute atomic E-state index is 11.8. The first-order valence-corrected chi connectivity index (χ1v) is 5.13. The van der Waals surface area contributed by atoms with Gasteiger partial charge in [0.15, 0.2) is 0 Å². The number of methoxy groups -OCH3 is 1. The fraction of sp³-hybridized carbons (Fsp3) is 0.417. The SMILES string of the molecule is COCC(=O)N1c2ccccc2C[C@H]1C. The summed E-state index contributed by atoms with van der Waals surface area (Å²) in [5.41, 5.74) is 2.28. The van der Waals surface area contributed by atoms with Crippen molar-refractivity contribution in [1.29, 1.82) is 0 Å². The predicted molar refractivity (Wildman–Crippen MR) is 59.0 cm³/mol. The topological polar surface area (TPSA) is 29.5 Å². The quantitative estimate of drug-likeness (QED) is 0.734. The molecule has 0 saturated carbocycles. The number of benzene rings is 1. The van der Waals surface area contributed by atoms with Gasteiger partial charge in [-0.25, -0.2) is 0 Å². The monoisotopic (exact) mass is 205 g/mol. The number of hydrogen-bond donors (Lipinski definition) is 0. The van der Waals surface area contributed by atoms with Crippen molar-refractivity contribution in [1.82, 2.24) is 0 Å². The van der Waals surface area contributed by atoms with Gasteiger partial charge in [0.1, 0.15) is 6.61 Å². The maximum Gasteiger partial charge on any atom is 0.253 e. The van der Waals surface area contributed by atoms with Crippen LogP contribution in [0.5, 0.6) is 0 Å². The molecule has 1 atom stereocenters. The van der Waals surface area contributed by atoms with Gasteiger partial charge in [-0.3, -0.25) is 4.79 Å². The van der Waals surface area contributed by atoms with E-state index in [1.807, 2.05) is 23.1 Å².